The number of benzene rings is 1. The van der Waals surface area contributed by atoms with E-state index in [2.05, 4.69) is 10.6 Å². The highest BCUT2D eigenvalue weighted by molar-refractivity contribution is 5.77. The molecule has 0 aliphatic carbocycles. The standard InChI is InChI=1S/C16H25FN2O2/c1-10(2)11(3)19-16(20)9-21-15-7-6-13(8-14(15)17)12(4)18-5/h6-8,10-12,18H,9H2,1-5H3,(H,19,20). The number of carbonyl (C=O) groups excluding carboxylic acids is 1. The van der Waals surface area contributed by atoms with E-state index in [9.17, 15) is 9.18 Å². The lowest BCUT2D eigenvalue weighted by molar-refractivity contribution is -0.124. The lowest BCUT2D eigenvalue weighted by atomic mass is 10.1. The summed E-state index contributed by atoms with van der Waals surface area (Å²) in [7, 11) is 1.81. The van der Waals surface area contributed by atoms with E-state index >= 15 is 0 Å². The molecular weight excluding hydrogens is 271 g/mol. The van der Waals surface area contributed by atoms with Crippen LogP contribution >= 0.6 is 0 Å². The van der Waals surface area contributed by atoms with Crippen LogP contribution in [-0.2, 0) is 4.79 Å². The average Bonchev–Trinajstić information content (AvgIpc) is 2.44. The summed E-state index contributed by atoms with van der Waals surface area (Å²) in [5.74, 6) is -0.273. The van der Waals surface area contributed by atoms with Gasteiger partial charge in [-0.1, -0.05) is 19.9 Å². The summed E-state index contributed by atoms with van der Waals surface area (Å²) in [5.41, 5.74) is 0.834. The van der Waals surface area contributed by atoms with Gasteiger partial charge in [0.1, 0.15) is 0 Å². The number of hydrogen-bond donors (Lipinski definition) is 2. The van der Waals surface area contributed by atoms with Crippen LogP contribution in [0.25, 0.3) is 0 Å². The predicted molar refractivity (Wildman–Crippen MR) is 81.8 cm³/mol. The van der Waals surface area contributed by atoms with Crippen LogP contribution in [-0.4, -0.2) is 25.6 Å². The van der Waals surface area contributed by atoms with Crippen molar-refractivity contribution in [1.82, 2.24) is 10.6 Å². The van der Waals surface area contributed by atoms with Crippen molar-refractivity contribution in [3.63, 3.8) is 0 Å². The Kier molecular flexibility index (Phi) is 6.62. The number of halogens is 1. The third-order valence-electron chi connectivity index (χ3n) is 3.64. The molecule has 2 unspecified atom stereocenters. The Labute approximate surface area is 126 Å². The van der Waals surface area contributed by atoms with Crippen LogP contribution in [0.5, 0.6) is 5.75 Å². The van der Waals surface area contributed by atoms with Gasteiger partial charge in [-0.25, -0.2) is 4.39 Å². The molecule has 1 amide bonds. The van der Waals surface area contributed by atoms with Gasteiger partial charge in [0.15, 0.2) is 18.2 Å². The fourth-order valence-corrected chi connectivity index (χ4v) is 1.68. The summed E-state index contributed by atoms with van der Waals surface area (Å²) in [4.78, 5) is 11.7. The van der Waals surface area contributed by atoms with Crippen LogP contribution in [0.15, 0.2) is 18.2 Å². The Bertz CT molecular complexity index is 477. The maximum absolute atomic E-state index is 13.9. The maximum atomic E-state index is 13.9. The number of hydrogen-bond acceptors (Lipinski definition) is 3. The Hall–Kier alpha value is -1.62. The van der Waals surface area contributed by atoms with Crippen molar-refractivity contribution in [3.8, 4) is 5.75 Å². The van der Waals surface area contributed by atoms with Crippen molar-refractivity contribution in [1.29, 1.82) is 0 Å². The zero-order valence-electron chi connectivity index (χ0n) is 13.4. The minimum atomic E-state index is -0.459. The summed E-state index contributed by atoms with van der Waals surface area (Å²) in [6, 6.07) is 4.88. The second kappa shape index (κ2) is 7.98. The van der Waals surface area contributed by atoms with E-state index in [1.807, 2.05) is 34.7 Å². The summed E-state index contributed by atoms with van der Waals surface area (Å²) in [5, 5.41) is 5.85. The van der Waals surface area contributed by atoms with Crippen molar-refractivity contribution in [2.45, 2.75) is 39.8 Å². The lowest BCUT2D eigenvalue weighted by Crippen LogP contribution is -2.39. The van der Waals surface area contributed by atoms with E-state index in [4.69, 9.17) is 4.74 Å². The first-order valence-electron chi connectivity index (χ1n) is 7.24. The summed E-state index contributed by atoms with van der Waals surface area (Å²) in [6.45, 7) is 7.72. The van der Waals surface area contributed by atoms with Crippen LogP contribution in [0, 0.1) is 11.7 Å². The molecule has 1 aromatic rings. The molecule has 0 aliphatic heterocycles. The van der Waals surface area contributed by atoms with Gasteiger partial charge in [0.05, 0.1) is 0 Å². The molecule has 0 spiro atoms. The first kappa shape index (κ1) is 17.4. The van der Waals surface area contributed by atoms with Crippen LogP contribution in [0.4, 0.5) is 4.39 Å². The molecule has 2 atom stereocenters. The number of nitrogens with one attached hydrogen (secondary N) is 2. The van der Waals surface area contributed by atoms with Gasteiger partial charge in [-0.2, -0.15) is 0 Å². The molecule has 2 N–H and O–H groups in total. The Morgan fingerprint density at radius 1 is 1.29 bits per heavy atom. The highest BCUT2D eigenvalue weighted by Crippen LogP contribution is 2.21. The molecule has 0 fully saturated rings. The summed E-state index contributed by atoms with van der Waals surface area (Å²) in [6.07, 6.45) is 0. The van der Waals surface area contributed by atoms with E-state index in [0.717, 1.165) is 5.56 Å². The Morgan fingerprint density at radius 2 is 1.95 bits per heavy atom. The quantitative estimate of drug-likeness (QED) is 0.813. The summed E-state index contributed by atoms with van der Waals surface area (Å²) < 4.78 is 19.1. The number of amides is 1. The van der Waals surface area contributed by atoms with Crippen molar-refractivity contribution in [2.75, 3.05) is 13.7 Å². The molecular formula is C16H25FN2O2. The van der Waals surface area contributed by atoms with Gasteiger partial charge in [0.2, 0.25) is 0 Å². The van der Waals surface area contributed by atoms with Gasteiger partial charge in [-0.15, -0.1) is 0 Å². The maximum Gasteiger partial charge on any atom is 0.258 e. The van der Waals surface area contributed by atoms with Crippen molar-refractivity contribution in [3.05, 3.63) is 29.6 Å². The fourth-order valence-electron chi connectivity index (χ4n) is 1.68. The third kappa shape index (κ3) is 5.34. The van der Waals surface area contributed by atoms with Gasteiger partial charge < -0.3 is 15.4 Å². The van der Waals surface area contributed by atoms with Crippen LogP contribution < -0.4 is 15.4 Å². The van der Waals surface area contributed by atoms with E-state index in [0.29, 0.717) is 5.92 Å². The van der Waals surface area contributed by atoms with Gasteiger partial charge in [0.25, 0.3) is 5.91 Å². The van der Waals surface area contributed by atoms with Crippen molar-refractivity contribution in [2.24, 2.45) is 5.92 Å². The van der Waals surface area contributed by atoms with Crippen LogP contribution in [0.1, 0.15) is 39.3 Å². The molecule has 0 radical (unpaired) electrons. The first-order chi connectivity index (χ1) is 9.85. The molecule has 21 heavy (non-hydrogen) atoms. The topological polar surface area (TPSA) is 50.4 Å². The SMILES string of the molecule is CNC(C)c1ccc(OCC(=O)NC(C)C(C)C)c(F)c1. The van der Waals surface area contributed by atoms with E-state index in [-0.39, 0.29) is 30.3 Å². The second-order valence-corrected chi connectivity index (χ2v) is 5.59. The average molecular weight is 296 g/mol. The molecule has 118 valence electrons. The van der Waals surface area contributed by atoms with E-state index in [1.165, 1.54) is 6.07 Å². The van der Waals surface area contributed by atoms with Crippen LogP contribution in [0.2, 0.25) is 0 Å². The molecule has 0 bridgehead atoms. The molecule has 5 heteroatoms. The summed E-state index contributed by atoms with van der Waals surface area (Å²) >= 11 is 0. The molecule has 4 nitrogen and oxygen atoms in total. The lowest BCUT2D eigenvalue weighted by Gasteiger charge is -2.18. The first-order valence-corrected chi connectivity index (χ1v) is 7.24. The fraction of sp³-hybridized carbons (Fsp3) is 0.562. The zero-order chi connectivity index (χ0) is 16.0. The smallest absolute Gasteiger partial charge is 0.258 e. The van der Waals surface area contributed by atoms with Gasteiger partial charge >= 0.3 is 0 Å². The minimum Gasteiger partial charge on any atom is -0.481 e. The van der Waals surface area contributed by atoms with Crippen LogP contribution in [0.3, 0.4) is 0 Å². The molecule has 1 rings (SSSR count). The molecule has 0 aliphatic rings. The number of rotatable bonds is 7. The molecule has 0 saturated heterocycles. The third-order valence-corrected chi connectivity index (χ3v) is 3.64. The number of carbonyl (C=O) groups is 1. The van der Waals surface area contributed by atoms with E-state index in [1.54, 1.807) is 12.1 Å². The molecule has 0 aromatic heterocycles. The minimum absolute atomic E-state index is 0.0590. The normalized spacial score (nSPS) is 13.9. The van der Waals surface area contributed by atoms with Crippen molar-refractivity contribution >= 4 is 5.91 Å². The largest absolute Gasteiger partial charge is 0.481 e. The predicted octanol–water partition coefficient (Wildman–Crippen LogP) is 2.65. The van der Waals surface area contributed by atoms with Gasteiger partial charge in [0, 0.05) is 12.1 Å². The highest BCUT2D eigenvalue weighted by Gasteiger charge is 2.13. The van der Waals surface area contributed by atoms with E-state index < -0.39 is 5.82 Å². The second-order valence-electron chi connectivity index (χ2n) is 5.59. The molecule has 1 aromatic carbocycles. The molecule has 0 saturated carbocycles. The number of ether oxygens (including phenoxy) is 1. The zero-order valence-corrected chi connectivity index (χ0v) is 13.4. The Morgan fingerprint density at radius 3 is 2.48 bits per heavy atom. The molecule has 0 heterocycles. The highest BCUT2D eigenvalue weighted by atomic mass is 19.1. The van der Waals surface area contributed by atoms with Crippen molar-refractivity contribution < 1.29 is 13.9 Å². The monoisotopic (exact) mass is 296 g/mol. The van der Waals surface area contributed by atoms with Gasteiger partial charge in [-0.05, 0) is 44.5 Å². The Balaban J connectivity index is 2.58. The van der Waals surface area contributed by atoms with Gasteiger partial charge in [-0.3, -0.25) is 4.79 Å².